The van der Waals surface area contributed by atoms with Crippen molar-refractivity contribution in [2.75, 3.05) is 51.3 Å². The van der Waals surface area contributed by atoms with Crippen LogP contribution in [-0.2, 0) is 11.2 Å². The molecule has 2 fully saturated rings. The summed E-state index contributed by atoms with van der Waals surface area (Å²) in [5, 5.41) is 2.68. The summed E-state index contributed by atoms with van der Waals surface area (Å²) >= 11 is 6.62. The third-order valence-corrected chi connectivity index (χ3v) is 8.20. The number of hydrogen-bond acceptors (Lipinski definition) is 7. The first-order valence-corrected chi connectivity index (χ1v) is 13.9. The van der Waals surface area contributed by atoms with Gasteiger partial charge in [0.2, 0.25) is 11.8 Å². The molecule has 202 valence electrons. The number of anilines is 1. The smallest absolute Gasteiger partial charge is 0.321 e. The number of carbonyl (C=O) groups excluding carboxylic acids is 1. The van der Waals surface area contributed by atoms with Crippen molar-refractivity contribution in [1.82, 2.24) is 19.8 Å². The molecule has 1 aromatic heterocycles. The molecule has 4 heterocycles. The number of fused-ring (bicyclic) bond motifs is 2. The molecule has 6 rings (SSSR count). The number of likely N-dealkylation sites (N-methyl/N-ethyl adjacent to an activating group) is 1. The van der Waals surface area contributed by atoms with Crippen molar-refractivity contribution in [2.24, 2.45) is 0 Å². The molecule has 0 unspecified atom stereocenters. The summed E-state index contributed by atoms with van der Waals surface area (Å²) in [6.07, 6.45) is 6.31. The molecule has 39 heavy (non-hydrogen) atoms. The first-order valence-electron chi connectivity index (χ1n) is 13.5. The fourth-order valence-electron chi connectivity index (χ4n) is 5.66. The second-order valence-corrected chi connectivity index (χ2v) is 10.6. The molecule has 1 atom stereocenters. The molecule has 0 radical (unpaired) electrons. The summed E-state index contributed by atoms with van der Waals surface area (Å²) in [5.74, 6) is 1.97. The second kappa shape index (κ2) is 10.9. The average molecular weight is 546 g/mol. The second-order valence-electron chi connectivity index (χ2n) is 10.2. The Morgan fingerprint density at radius 1 is 1.15 bits per heavy atom. The van der Waals surface area contributed by atoms with Gasteiger partial charge in [-0.15, -0.1) is 0 Å². The van der Waals surface area contributed by atoms with Gasteiger partial charge in [0.05, 0.1) is 5.56 Å². The van der Waals surface area contributed by atoms with Crippen molar-refractivity contribution in [3.8, 4) is 11.9 Å². The van der Waals surface area contributed by atoms with Gasteiger partial charge in [-0.3, -0.25) is 4.79 Å². The highest BCUT2D eigenvalue weighted by atomic mass is 35.5. The van der Waals surface area contributed by atoms with Crippen LogP contribution in [0.5, 0.6) is 11.9 Å². The molecular weight excluding hydrogens is 514 g/mol. The molecule has 2 aromatic carbocycles. The minimum Gasteiger partial charge on any atom is -0.462 e. The highest BCUT2D eigenvalue weighted by Gasteiger charge is 2.29. The Kier molecular flexibility index (Phi) is 7.14. The Balaban J connectivity index is 1.32. The lowest BCUT2D eigenvalue weighted by Crippen LogP contribution is -2.49. The summed E-state index contributed by atoms with van der Waals surface area (Å²) in [5.41, 5.74) is 1.84. The molecule has 0 bridgehead atoms. The van der Waals surface area contributed by atoms with Gasteiger partial charge in [-0.25, -0.2) is 0 Å². The largest absolute Gasteiger partial charge is 0.462 e. The zero-order valence-corrected chi connectivity index (χ0v) is 22.9. The molecule has 0 spiro atoms. The number of ether oxygens (including phenoxy) is 2. The lowest BCUT2D eigenvalue weighted by atomic mass is 10.0. The van der Waals surface area contributed by atoms with Gasteiger partial charge >= 0.3 is 6.01 Å². The number of amides is 1. The number of aromatic nitrogens is 2. The Bertz CT molecular complexity index is 1440. The van der Waals surface area contributed by atoms with Crippen molar-refractivity contribution in [2.45, 2.75) is 25.3 Å². The number of allylic oxidation sites excluding steroid dienone is 1. The van der Waals surface area contributed by atoms with Crippen molar-refractivity contribution in [1.29, 1.82) is 0 Å². The Labute approximate surface area is 233 Å². The fraction of sp³-hybridized carbons (Fsp3) is 0.367. The van der Waals surface area contributed by atoms with Crippen LogP contribution in [0.3, 0.4) is 0 Å². The van der Waals surface area contributed by atoms with Crippen LogP contribution in [0.25, 0.3) is 16.5 Å². The molecule has 3 aromatic rings. The maximum Gasteiger partial charge on any atom is 0.321 e. The monoisotopic (exact) mass is 545 g/mol. The average Bonchev–Trinajstić information content (AvgIpc) is 3.39. The van der Waals surface area contributed by atoms with Crippen LogP contribution in [0, 0.1) is 0 Å². The Morgan fingerprint density at radius 3 is 2.69 bits per heavy atom. The minimum absolute atomic E-state index is 0.0475. The van der Waals surface area contributed by atoms with E-state index in [1.807, 2.05) is 41.3 Å². The van der Waals surface area contributed by atoms with Gasteiger partial charge in [-0.1, -0.05) is 48.5 Å². The van der Waals surface area contributed by atoms with E-state index in [1.54, 1.807) is 0 Å². The van der Waals surface area contributed by atoms with E-state index in [0.29, 0.717) is 67.9 Å². The number of benzene rings is 2. The topological polar surface area (TPSA) is 71.0 Å². The number of rotatable bonds is 6. The number of hydrogen-bond donors (Lipinski definition) is 0. The molecule has 3 aliphatic rings. The summed E-state index contributed by atoms with van der Waals surface area (Å²) in [7, 11) is 2.12. The van der Waals surface area contributed by atoms with E-state index in [0.717, 1.165) is 40.7 Å². The van der Waals surface area contributed by atoms with Crippen molar-refractivity contribution < 1.29 is 14.3 Å². The minimum atomic E-state index is -0.0475. The Hall–Kier alpha value is -3.62. The molecule has 0 N–H and O–H groups in total. The SMILES string of the molecule is C=CC(=O)N1CCN(c2nc(OC[C@@H]3CCCN3C)nc3c2CC=C(c2cccc4cccc(Cl)c24)O3)CC1. The zero-order chi connectivity index (χ0) is 26.9. The first-order chi connectivity index (χ1) is 19.0. The van der Waals surface area contributed by atoms with Gasteiger partial charge in [0, 0.05) is 54.6 Å². The summed E-state index contributed by atoms with van der Waals surface area (Å²) in [6, 6.07) is 12.6. The van der Waals surface area contributed by atoms with Gasteiger partial charge in [-0.05, 0) is 50.0 Å². The summed E-state index contributed by atoms with van der Waals surface area (Å²) in [4.78, 5) is 28.0. The Morgan fingerprint density at radius 2 is 1.95 bits per heavy atom. The third kappa shape index (κ3) is 5.06. The number of likely N-dealkylation sites (tertiary alicyclic amines) is 1. The van der Waals surface area contributed by atoms with Crippen LogP contribution in [0.2, 0.25) is 5.02 Å². The van der Waals surface area contributed by atoms with Gasteiger partial charge in [0.15, 0.2) is 0 Å². The van der Waals surface area contributed by atoms with Crippen LogP contribution in [0.15, 0.2) is 55.1 Å². The van der Waals surface area contributed by atoms with Crippen LogP contribution in [-0.4, -0.2) is 78.1 Å². The molecule has 9 heteroatoms. The molecule has 2 saturated heterocycles. The highest BCUT2D eigenvalue weighted by Crippen LogP contribution is 2.39. The van der Waals surface area contributed by atoms with E-state index in [9.17, 15) is 4.79 Å². The number of nitrogens with zero attached hydrogens (tertiary/aromatic N) is 5. The van der Waals surface area contributed by atoms with Crippen LogP contribution >= 0.6 is 11.6 Å². The molecule has 0 aliphatic carbocycles. The van der Waals surface area contributed by atoms with E-state index >= 15 is 0 Å². The molecular formula is C30H32ClN5O3. The molecule has 1 amide bonds. The van der Waals surface area contributed by atoms with E-state index < -0.39 is 0 Å². The lowest BCUT2D eigenvalue weighted by Gasteiger charge is -2.36. The van der Waals surface area contributed by atoms with Crippen molar-refractivity contribution >= 4 is 39.9 Å². The van der Waals surface area contributed by atoms with E-state index in [1.165, 1.54) is 12.5 Å². The molecule has 3 aliphatic heterocycles. The summed E-state index contributed by atoms with van der Waals surface area (Å²) < 4.78 is 12.7. The maximum atomic E-state index is 12.1. The van der Waals surface area contributed by atoms with Gasteiger partial charge < -0.3 is 24.2 Å². The number of carbonyl (C=O) groups is 1. The first kappa shape index (κ1) is 25.6. The normalized spacial score (nSPS) is 19.4. The van der Waals surface area contributed by atoms with E-state index in [2.05, 4.69) is 29.5 Å². The highest BCUT2D eigenvalue weighted by molar-refractivity contribution is 6.36. The van der Waals surface area contributed by atoms with Gasteiger partial charge in [0.25, 0.3) is 0 Å². The number of halogens is 1. The van der Waals surface area contributed by atoms with Crippen LogP contribution in [0.1, 0.15) is 24.0 Å². The van der Waals surface area contributed by atoms with Gasteiger partial charge in [-0.2, -0.15) is 9.97 Å². The lowest BCUT2D eigenvalue weighted by molar-refractivity contribution is -0.126. The van der Waals surface area contributed by atoms with Gasteiger partial charge in [0.1, 0.15) is 18.2 Å². The fourth-order valence-corrected chi connectivity index (χ4v) is 5.94. The van der Waals surface area contributed by atoms with Crippen molar-refractivity contribution in [3.63, 3.8) is 0 Å². The quantitative estimate of drug-likeness (QED) is 0.420. The number of piperazine rings is 1. The molecule has 8 nitrogen and oxygen atoms in total. The standard InChI is InChI=1S/C30H32ClN5O3/c1-3-26(37)35-15-17-36(18-16-35)28-23-12-13-25(22-10-4-7-20-8-5-11-24(31)27(20)22)39-29(23)33-30(32-28)38-19-21-9-6-14-34(21)2/h3-5,7-8,10-11,13,21H,1,6,9,12,14-19H2,2H3/t21-/m0/s1. The van der Waals surface area contributed by atoms with E-state index in [-0.39, 0.29) is 5.91 Å². The van der Waals surface area contributed by atoms with Crippen LogP contribution < -0.4 is 14.4 Å². The zero-order valence-electron chi connectivity index (χ0n) is 22.1. The van der Waals surface area contributed by atoms with Crippen molar-refractivity contribution in [3.05, 3.63) is 71.3 Å². The molecule has 0 saturated carbocycles. The van der Waals surface area contributed by atoms with E-state index in [4.69, 9.17) is 31.0 Å². The predicted octanol–water partition coefficient (Wildman–Crippen LogP) is 4.57. The summed E-state index contributed by atoms with van der Waals surface area (Å²) in [6.45, 7) is 7.73. The van der Waals surface area contributed by atoms with Crippen LogP contribution in [0.4, 0.5) is 5.82 Å². The predicted molar refractivity (Wildman–Crippen MR) is 153 cm³/mol. The third-order valence-electron chi connectivity index (χ3n) is 7.89. The maximum absolute atomic E-state index is 12.1.